The van der Waals surface area contributed by atoms with Crippen LogP contribution in [0.2, 0.25) is 0 Å². The Balaban J connectivity index is 1.24. The van der Waals surface area contributed by atoms with Crippen LogP contribution in [0, 0.1) is 0 Å². The summed E-state index contributed by atoms with van der Waals surface area (Å²) in [6, 6.07) is 14.8. The topological polar surface area (TPSA) is 98.1 Å². The largest absolute Gasteiger partial charge is 0.497 e. The summed E-state index contributed by atoms with van der Waals surface area (Å²) in [5, 5.41) is 17.2. The molecule has 0 fully saturated rings. The number of thioether (sulfide) groups is 1. The lowest BCUT2D eigenvalue weighted by Gasteiger charge is -2.13. The highest BCUT2D eigenvalue weighted by Gasteiger charge is 2.20. The van der Waals surface area contributed by atoms with Crippen molar-refractivity contribution in [1.82, 2.24) is 14.8 Å². The Hall–Kier alpha value is -3.89. The standard InChI is InChI=1S/C29H29N5O3S2/c1-3-15-34-27(32-33-29(34)39-18-26(35)30-21-7-6-8-22(16-21)37-2)19-11-13-20(14-12-19)31-28(36)24-17-38-25-10-5-4-9-23(24)25/h3,6-8,11-14,16-17H,1,4-5,9-10,15,18H2,2H3,(H,30,35)(H,31,36). The second-order valence-corrected chi connectivity index (χ2v) is 11.0. The molecule has 0 spiro atoms. The normalized spacial score (nSPS) is 12.4. The summed E-state index contributed by atoms with van der Waals surface area (Å²) in [7, 11) is 1.58. The van der Waals surface area contributed by atoms with Crippen LogP contribution in [0.5, 0.6) is 5.75 Å². The molecule has 0 unspecified atom stereocenters. The number of amides is 2. The fourth-order valence-electron chi connectivity index (χ4n) is 4.52. The lowest BCUT2D eigenvalue weighted by Crippen LogP contribution is -2.14. The Morgan fingerprint density at radius 1 is 1.10 bits per heavy atom. The van der Waals surface area contributed by atoms with Gasteiger partial charge in [0.15, 0.2) is 11.0 Å². The lowest BCUT2D eigenvalue weighted by molar-refractivity contribution is -0.113. The third-order valence-electron chi connectivity index (χ3n) is 6.42. The number of carbonyl (C=O) groups excluding carboxylic acids is 2. The summed E-state index contributed by atoms with van der Waals surface area (Å²) in [6.07, 6.45) is 6.15. The molecule has 0 bridgehead atoms. The average Bonchev–Trinajstić information content (AvgIpc) is 3.57. The highest BCUT2D eigenvalue weighted by atomic mass is 32.2. The maximum atomic E-state index is 12.9. The minimum Gasteiger partial charge on any atom is -0.497 e. The van der Waals surface area contributed by atoms with Crippen LogP contribution in [0.4, 0.5) is 11.4 Å². The van der Waals surface area contributed by atoms with Crippen molar-refractivity contribution in [1.29, 1.82) is 0 Å². The Kier molecular flexibility index (Phi) is 8.43. The van der Waals surface area contributed by atoms with E-state index in [9.17, 15) is 9.59 Å². The number of nitrogens with one attached hydrogen (secondary N) is 2. The Bertz CT molecular complexity index is 1490. The van der Waals surface area contributed by atoms with Gasteiger partial charge in [-0.1, -0.05) is 23.9 Å². The maximum Gasteiger partial charge on any atom is 0.256 e. The fourth-order valence-corrected chi connectivity index (χ4v) is 6.39. The van der Waals surface area contributed by atoms with Crippen LogP contribution in [0.25, 0.3) is 11.4 Å². The van der Waals surface area contributed by atoms with Gasteiger partial charge in [0.2, 0.25) is 5.91 Å². The van der Waals surface area contributed by atoms with Gasteiger partial charge in [0.1, 0.15) is 5.75 Å². The number of nitrogens with zero attached hydrogens (tertiary/aromatic N) is 3. The summed E-state index contributed by atoms with van der Waals surface area (Å²) in [4.78, 5) is 26.8. The Labute approximate surface area is 235 Å². The van der Waals surface area contributed by atoms with E-state index in [1.807, 2.05) is 52.4 Å². The molecule has 10 heteroatoms. The smallest absolute Gasteiger partial charge is 0.256 e. The number of rotatable bonds is 10. The highest BCUT2D eigenvalue weighted by Crippen LogP contribution is 2.31. The van der Waals surface area contributed by atoms with Gasteiger partial charge in [-0.15, -0.1) is 28.1 Å². The van der Waals surface area contributed by atoms with Crippen LogP contribution < -0.4 is 15.4 Å². The molecule has 2 aromatic carbocycles. The number of hydrogen-bond donors (Lipinski definition) is 2. The van der Waals surface area contributed by atoms with Crippen LogP contribution >= 0.6 is 23.1 Å². The molecule has 0 aliphatic heterocycles. The molecular formula is C29H29N5O3S2. The summed E-state index contributed by atoms with van der Waals surface area (Å²) in [6.45, 7) is 4.35. The molecule has 0 radical (unpaired) electrons. The maximum absolute atomic E-state index is 12.9. The van der Waals surface area contributed by atoms with E-state index >= 15 is 0 Å². The quantitative estimate of drug-likeness (QED) is 0.181. The van der Waals surface area contributed by atoms with Crippen LogP contribution in [0.15, 0.2) is 71.7 Å². The molecule has 5 rings (SSSR count). The van der Waals surface area contributed by atoms with Gasteiger partial charge in [-0.25, -0.2) is 0 Å². The van der Waals surface area contributed by atoms with Gasteiger partial charge in [-0.2, -0.15) is 0 Å². The number of aromatic nitrogens is 3. The van der Waals surface area contributed by atoms with E-state index in [4.69, 9.17) is 4.74 Å². The van der Waals surface area contributed by atoms with Gasteiger partial charge in [0.05, 0.1) is 18.4 Å². The van der Waals surface area contributed by atoms with Gasteiger partial charge in [0.25, 0.3) is 5.91 Å². The first-order valence-electron chi connectivity index (χ1n) is 12.7. The second kappa shape index (κ2) is 12.3. The Morgan fingerprint density at radius 2 is 1.92 bits per heavy atom. The molecule has 2 heterocycles. The number of allylic oxidation sites excluding steroid dienone is 1. The van der Waals surface area contributed by atoms with Crippen molar-refractivity contribution >= 4 is 46.3 Å². The van der Waals surface area contributed by atoms with Gasteiger partial charge in [0, 0.05) is 39.8 Å². The van der Waals surface area contributed by atoms with E-state index in [0.29, 0.717) is 29.0 Å². The zero-order valence-electron chi connectivity index (χ0n) is 21.6. The van der Waals surface area contributed by atoms with Crippen LogP contribution in [0.1, 0.15) is 33.6 Å². The third kappa shape index (κ3) is 6.23. The first-order chi connectivity index (χ1) is 19.1. The molecule has 2 aromatic heterocycles. The number of fused-ring (bicyclic) bond motifs is 1. The van der Waals surface area contributed by atoms with Gasteiger partial charge < -0.3 is 15.4 Å². The molecular weight excluding hydrogens is 530 g/mol. The summed E-state index contributed by atoms with van der Waals surface area (Å²) < 4.78 is 7.13. The molecule has 2 amide bonds. The highest BCUT2D eigenvalue weighted by molar-refractivity contribution is 7.99. The number of aryl methyl sites for hydroxylation is 1. The number of methoxy groups -OCH3 is 1. The van der Waals surface area contributed by atoms with Crippen molar-refractivity contribution in [2.45, 2.75) is 37.4 Å². The first-order valence-corrected chi connectivity index (χ1v) is 14.5. The molecule has 0 atom stereocenters. The van der Waals surface area contributed by atoms with E-state index in [1.165, 1.54) is 28.6 Å². The molecule has 0 saturated carbocycles. The van der Waals surface area contributed by atoms with Crippen molar-refractivity contribution in [3.05, 3.63) is 82.6 Å². The number of carbonyl (C=O) groups is 2. The van der Waals surface area contributed by atoms with Gasteiger partial charge >= 0.3 is 0 Å². The molecule has 200 valence electrons. The molecule has 8 nitrogen and oxygen atoms in total. The number of thiophene rings is 1. The van der Waals surface area contributed by atoms with Crippen molar-refractivity contribution in [2.24, 2.45) is 0 Å². The van der Waals surface area contributed by atoms with Crippen LogP contribution in [0.3, 0.4) is 0 Å². The van der Waals surface area contributed by atoms with Gasteiger partial charge in [-0.3, -0.25) is 14.2 Å². The molecule has 1 aliphatic carbocycles. The molecule has 2 N–H and O–H groups in total. The third-order valence-corrected chi connectivity index (χ3v) is 8.48. The minimum absolute atomic E-state index is 0.0668. The first kappa shape index (κ1) is 26.7. The number of hydrogen-bond acceptors (Lipinski definition) is 7. The minimum atomic E-state index is -0.157. The predicted molar refractivity (Wildman–Crippen MR) is 157 cm³/mol. The van der Waals surface area contributed by atoms with E-state index < -0.39 is 0 Å². The monoisotopic (exact) mass is 559 g/mol. The average molecular weight is 560 g/mol. The van der Waals surface area contributed by atoms with E-state index in [1.54, 1.807) is 30.6 Å². The summed E-state index contributed by atoms with van der Waals surface area (Å²) in [5.74, 6) is 1.28. The van der Waals surface area contributed by atoms with Crippen LogP contribution in [-0.4, -0.2) is 39.4 Å². The molecule has 4 aromatic rings. The lowest BCUT2D eigenvalue weighted by atomic mass is 9.95. The van der Waals surface area contributed by atoms with Crippen molar-refractivity contribution in [3.63, 3.8) is 0 Å². The summed E-state index contributed by atoms with van der Waals surface area (Å²) >= 11 is 2.99. The molecule has 0 saturated heterocycles. The second-order valence-electron chi connectivity index (χ2n) is 9.06. The van der Waals surface area contributed by atoms with Crippen molar-refractivity contribution < 1.29 is 14.3 Å². The van der Waals surface area contributed by atoms with Crippen LogP contribution in [-0.2, 0) is 24.2 Å². The zero-order chi connectivity index (χ0) is 27.2. The SMILES string of the molecule is C=CCn1c(SCC(=O)Nc2cccc(OC)c2)nnc1-c1ccc(NC(=O)c2csc3c2CCCC3)cc1. The van der Waals surface area contributed by atoms with E-state index in [-0.39, 0.29) is 17.6 Å². The predicted octanol–water partition coefficient (Wildman–Crippen LogP) is 6.06. The van der Waals surface area contributed by atoms with E-state index in [0.717, 1.165) is 36.1 Å². The molecule has 1 aliphatic rings. The summed E-state index contributed by atoms with van der Waals surface area (Å²) in [5.41, 5.74) is 4.24. The van der Waals surface area contributed by atoms with Gasteiger partial charge in [-0.05, 0) is 67.6 Å². The Morgan fingerprint density at radius 3 is 2.72 bits per heavy atom. The molecule has 39 heavy (non-hydrogen) atoms. The number of ether oxygens (including phenoxy) is 1. The number of benzene rings is 2. The zero-order valence-corrected chi connectivity index (χ0v) is 23.2. The van der Waals surface area contributed by atoms with Crippen molar-refractivity contribution in [3.8, 4) is 17.1 Å². The fraction of sp³-hybridized carbons (Fsp3) is 0.241. The van der Waals surface area contributed by atoms with Crippen molar-refractivity contribution in [2.75, 3.05) is 23.5 Å². The number of anilines is 2. The van der Waals surface area contributed by atoms with E-state index in [2.05, 4.69) is 27.4 Å².